The second-order valence-electron chi connectivity index (χ2n) is 1.88. The van der Waals surface area contributed by atoms with Gasteiger partial charge in [0.1, 0.15) is 16.0 Å². The van der Waals surface area contributed by atoms with Crippen molar-refractivity contribution >= 4 is 34.1 Å². The van der Waals surface area contributed by atoms with E-state index in [1.54, 1.807) is 0 Å². The number of halogens is 2. The number of dihydropyridines is 1. The molecule has 1 heterocycles. The third-order valence-corrected chi connectivity index (χ3v) is 1.48. The van der Waals surface area contributed by atoms with Crippen molar-refractivity contribution in [2.45, 2.75) is 0 Å². The van der Waals surface area contributed by atoms with Crippen LogP contribution in [0.3, 0.4) is 0 Å². The van der Waals surface area contributed by atoms with Crippen molar-refractivity contribution in [3.05, 3.63) is 23.0 Å². The molecule has 0 atom stereocenters. The summed E-state index contributed by atoms with van der Waals surface area (Å²) in [6.07, 6.45) is 2.99. The monoisotopic (exact) mass is 189 g/mol. The lowest BCUT2D eigenvalue weighted by molar-refractivity contribution is 1.33. The highest BCUT2D eigenvalue weighted by Crippen LogP contribution is 2.13. The van der Waals surface area contributed by atoms with Crippen LogP contribution in [0.5, 0.6) is 0 Å². The van der Waals surface area contributed by atoms with Crippen molar-refractivity contribution < 1.29 is 0 Å². The summed E-state index contributed by atoms with van der Waals surface area (Å²) in [4.78, 5) is 3.76. The van der Waals surface area contributed by atoms with Gasteiger partial charge in [0.2, 0.25) is 0 Å². The molecule has 1 aliphatic rings. The highest BCUT2D eigenvalue weighted by molar-refractivity contribution is 6.69. The topological polar surface area (TPSA) is 62.2 Å². The van der Waals surface area contributed by atoms with Gasteiger partial charge in [-0.05, 0) is 12.2 Å². The third kappa shape index (κ3) is 1.82. The van der Waals surface area contributed by atoms with Gasteiger partial charge in [-0.15, -0.1) is 0 Å². The van der Waals surface area contributed by atoms with Crippen LogP contribution in [-0.4, -0.2) is 10.9 Å². The fraction of sp³-hybridized carbons (Fsp3) is 0. The zero-order chi connectivity index (χ0) is 8.43. The smallest absolute Gasteiger partial charge is 0.130 e. The van der Waals surface area contributed by atoms with Gasteiger partial charge in [-0.3, -0.25) is 5.41 Å². The van der Waals surface area contributed by atoms with E-state index in [1.807, 2.05) is 0 Å². The molecule has 0 saturated carbocycles. The first-order valence-corrected chi connectivity index (χ1v) is 3.53. The Bertz CT molecular complexity index is 284. The molecule has 0 aromatic carbocycles. The van der Waals surface area contributed by atoms with Crippen molar-refractivity contribution in [1.29, 1.82) is 5.41 Å². The van der Waals surface area contributed by atoms with Crippen molar-refractivity contribution in [2.24, 2.45) is 10.7 Å². The van der Waals surface area contributed by atoms with Crippen LogP contribution in [0.25, 0.3) is 0 Å². The molecule has 3 N–H and O–H groups in total. The Balaban J connectivity index is 3.10. The lowest BCUT2D eigenvalue weighted by atomic mass is 10.2. The summed E-state index contributed by atoms with van der Waals surface area (Å²) in [5.74, 6) is 0. The van der Waals surface area contributed by atoms with E-state index >= 15 is 0 Å². The Labute approximate surface area is 73.7 Å². The fourth-order valence-electron chi connectivity index (χ4n) is 0.617. The first kappa shape index (κ1) is 8.30. The molecule has 0 aliphatic carbocycles. The molecule has 0 spiro atoms. The van der Waals surface area contributed by atoms with E-state index in [2.05, 4.69) is 4.99 Å². The number of rotatable bonds is 0. The summed E-state index contributed by atoms with van der Waals surface area (Å²) in [6.45, 7) is 0. The molecule has 1 aliphatic heterocycles. The molecule has 11 heavy (non-hydrogen) atoms. The minimum absolute atomic E-state index is 0.0162. The van der Waals surface area contributed by atoms with E-state index in [9.17, 15) is 0 Å². The summed E-state index contributed by atoms with van der Waals surface area (Å²) >= 11 is 11.0. The molecule has 0 fully saturated rings. The molecule has 0 amide bonds. The molecular formula is C6H5Cl2N3. The molecular weight excluding hydrogens is 185 g/mol. The number of nitrogens with zero attached hydrogens (tertiary/aromatic N) is 1. The molecule has 1 rings (SSSR count). The largest absolute Gasteiger partial charge is 0.388 e. The normalized spacial score (nSPS) is 21.6. The van der Waals surface area contributed by atoms with Crippen molar-refractivity contribution in [3.8, 4) is 0 Å². The third-order valence-electron chi connectivity index (χ3n) is 1.09. The minimum Gasteiger partial charge on any atom is -0.388 e. The SMILES string of the molecule is N=C1C=CC(Cl)=N/C1=C(/N)Cl. The fourth-order valence-corrected chi connectivity index (χ4v) is 0.909. The van der Waals surface area contributed by atoms with Crippen LogP contribution in [0.15, 0.2) is 28.0 Å². The number of aliphatic imine (C=N–C) groups is 1. The van der Waals surface area contributed by atoms with E-state index in [1.165, 1.54) is 12.2 Å². The van der Waals surface area contributed by atoms with E-state index < -0.39 is 0 Å². The molecule has 3 nitrogen and oxygen atoms in total. The Morgan fingerprint density at radius 3 is 2.64 bits per heavy atom. The van der Waals surface area contributed by atoms with Crippen molar-refractivity contribution in [2.75, 3.05) is 0 Å². The van der Waals surface area contributed by atoms with Crippen LogP contribution in [-0.2, 0) is 0 Å². The Hall–Kier alpha value is -0.800. The molecule has 58 valence electrons. The predicted molar refractivity (Wildman–Crippen MR) is 47.2 cm³/mol. The summed E-state index contributed by atoms with van der Waals surface area (Å²) in [6, 6.07) is 0. The first-order chi connectivity index (χ1) is 5.11. The quantitative estimate of drug-likeness (QED) is 0.559. The second-order valence-corrected chi connectivity index (χ2v) is 2.67. The van der Waals surface area contributed by atoms with Crippen LogP contribution in [0, 0.1) is 5.41 Å². The Morgan fingerprint density at radius 1 is 1.55 bits per heavy atom. The van der Waals surface area contributed by atoms with Gasteiger partial charge in [0.25, 0.3) is 0 Å². The highest BCUT2D eigenvalue weighted by atomic mass is 35.5. The maximum absolute atomic E-state index is 7.29. The molecule has 0 bridgehead atoms. The number of allylic oxidation sites excluding steroid dienone is 2. The van der Waals surface area contributed by atoms with Crippen molar-refractivity contribution in [3.63, 3.8) is 0 Å². The lowest BCUT2D eigenvalue weighted by Crippen LogP contribution is -2.07. The van der Waals surface area contributed by atoms with Crippen LogP contribution in [0.1, 0.15) is 0 Å². The van der Waals surface area contributed by atoms with E-state index in [-0.39, 0.29) is 21.7 Å². The molecule has 0 aromatic rings. The standard InChI is InChI=1S/C6H5Cl2N3/c7-4-2-1-3(9)5(11-4)6(8)10/h1-2,9H,10H2/b6-5+,9-3?. The number of hydrogen-bond acceptors (Lipinski definition) is 3. The summed E-state index contributed by atoms with van der Waals surface area (Å²) in [5, 5.41) is 7.55. The van der Waals surface area contributed by atoms with Gasteiger partial charge in [-0.2, -0.15) is 0 Å². The average Bonchev–Trinajstić information content (AvgIpc) is 1.94. The predicted octanol–water partition coefficient (Wildman–Crippen LogP) is 1.58. The van der Waals surface area contributed by atoms with E-state index in [4.69, 9.17) is 34.3 Å². The number of nitrogens with two attached hydrogens (primary N) is 1. The summed E-state index contributed by atoms with van der Waals surface area (Å²) in [5.41, 5.74) is 5.61. The van der Waals surface area contributed by atoms with Gasteiger partial charge in [-0.1, -0.05) is 23.2 Å². The summed E-state index contributed by atoms with van der Waals surface area (Å²) in [7, 11) is 0. The lowest BCUT2D eigenvalue weighted by Gasteiger charge is -2.05. The van der Waals surface area contributed by atoms with Crippen molar-refractivity contribution in [1.82, 2.24) is 0 Å². The molecule has 5 heteroatoms. The van der Waals surface area contributed by atoms with Crippen LogP contribution in [0.4, 0.5) is 0 Å². The highest BCUT2D eigenvalue weighted by Gasteiger charge is 2.09. The Morgan fingerprint density at radius 2 is 2.18 bits per heavy atom. The minimum atomic E-state index is -0.0162. The maximum Gasteiger partial charge on any atom is 0.130 e. The van der Waals surface area contributed by atoms with Crippen LogP contribution >= 0.6 is 23.2 Å². The van der Waals surface area contributed by atoms with Gasteiger partial charge >= 0.3 is 0 Å². The van der Waals surface area contributed by atoms with E-state index in [0.717, 1.165) is 0 Å². The molecule has 0 radical (unpaired) electrons. The maximum atomic E-state index is 7.29. The molecule has 0 unspecified atom stereocenters. The summed E-state index contributed by atoms with van der Waals surface area (Å²) < 4.78 is 0. The molecule has 0 saturated heterocycles. The van der Waals surface area contributed by atoms with Gasteiger partial charge < -0.3 is 5.73 Å². The van der Waals surface area contributed by atoms with E-state index in [0.29, 0.717) is 0 Å². The van der Waals surface area contributed by atoms with Crippen LogP contribution < -0.4 is 5.73 Å². The van der Waals surface area contributed by atoms with Gasteiger partial charge in [0.15, 0.2) is 0 Å². The zero-order valence-electron chi connectivity index (χ0n) is 5.44. The Kier molecular flexibility index (Phi) is 2.31. The van der Waals surface area contributed by atoms with Gasteiger partial charge in [0, 0.05) is 0 Å². The zero-order valence-corrected chi connectivity index (χ0v) is 6.95. The van der Waals surface area contributed by atoms with Gasteiger partial charge in [0.05, 0.1) is 5.71 Å². The number of nitrogens with one attached hydrogen (secondary N) is 1. The van der Waals surface area contributed by atoms with Gasteiger partial charge in [-0.25, -0.2) is 4.99 Å². The first-order valence-electron chi connectivity index (χ1n) is 2.77. The second kappa shape index (κ2) is 3.07. The van der Waals surface area contributed by atoms with Crippen LogP contribution in [0.2, 0.25) is 0 Å². The molecule has 0 aromatic heterocycles. The number of hydrogen-bond donors (Lipinski definition) is 2. The average molecular weight is 190 g/mol.